The van der Waals surface area contributed by atoms with Gasteiger partial charge in [0.2, 0.25) is 0 Å². The second-order valence-corrected chi connectivity index (χ2v) is 6.89. The first-order chi connectivity index (χ1) is 9.89. The summed E-state index contributed by atoms with van der Waals surface area (Å²) in [6.07, 6.45) is 3.92. The lowest BCUT2D eigenvalue weighted by Gasteiger charge is -2.23. The van der Waals surface area contributed by atoms with Crippen molar-refractivity contribution in [2.75, 3.05) is 19.3 Å². The summed E-state index contributed by atoms with van der Waals surface area (Å²) in [6.45, 7) is 12.0. The summed E-state index contributed by atoms with van der Waals surface area (Å²) in [4.78, 5) is 4.56. The smallest absolute Gasteiger partial charge is 0.192 e. The van der Waals surface area contributed by atoms with Crippen LogP contribution in [0.3, 0.4) is 0 Å². The fraction of sp³-hybridized carbons (Fsp3) is 0.643. The summed E-state index contributed by atoms with van der Waals surface area (Å²) >= 11 is 1.82. The Morgan fingerprint density at radius 1 is 1.41 bits per heavy atom. The van der Waals surface area contributed by atoms with Crippen LogP contribution in [-0.4, -0.2) is 44.8 Å². The molecule has 0 aromatic carbocycles. The summed E-state index contributed by atoms with van der Waals surface area (Å²) in [7, 11) is 1.95. The number of guanidine groups is 1. The molecule has 0 spiro atoms. The summed E-state index contributed by atoms with van der Waals surface area (Å²) in [5.41, 5.74) is 0. The number of nitrogens with one attached hydrogen (secondary N) is 2. The number of aryl methyl sites for hydroxylation is 1. The fourth-order valence-electron chi connectivity index (χ4n) is 1.45. The molecule has 0 fully saturated rings. The summed E-state index contributed by atoms with van der Waals surface area (Å²) in [6, 6.07) is 0. The van der Waals surface area contributed by atoms with Crippen molar-refractivity contribution in [3.63, 3.8) is 0 Å². The van der Waals surface area contributed by atoms with Gasteiger partial charge >= 0.3 is 0 Å². The molecule has 0 aliphatic heterocycles. The van der Waals surface area contributed by atoms with E-state index >= 15 is 0 Å². The molecular weight excluding hydrogens is 411 g/mol. The molecule has 2 N–H and O–H groups in total. The zero-order valence-electron chi connectivity index (χ0n) is 14.0. The van der Waals surface area contributed by atoms with Crippen molar-refractivity contribution in [3.8, 4) is 0 Å². The van der Waals surface area contributed by atoms with E-state index < -0.39 is 0 Å². The fourth-order valence-corrected chi connectivity index (χ4v) is 1.67. The van der Waals surface area contributed by atoms with Crippen LogP contribution in [0.1, 0.15) is 25.5 Å². The maximum absolute atomic E-state index is 4.56. The third-order valence-corrected chi connectivity index (χ3v) is 4.46. The van der Waals surface area contributed by atoms with E-state index in [4.69, 9.17) is 0 Å². The van der Waals surface area contributed by atoms with Gasteiger partial charge in [-0.3, -0.25) is 0 Å². The third kappa shape index (κ3) is 6.99. The molecule has 0 saturated heterocycles. The molecule has 6 nitrogen and oxygen atoms in total. The molecule has 0 saturated carbocycles. The number of aromatic nitrogens is 3. The molecule has 0 radical (unpaired) electrons. The van der Waals surface area contributed by atoms with Crippen LogP contribution < -0.4 is 10.6 Å². The molecular formula is C14H27IN6S. The Hall–Kier alpha value is -0.770. The largest absolute Gasteiger partial charge is 0.355 e. The Labute approximate surface area is 154 Å². The second-order valence-electron chi connectivity index (χ2n) is 5.37. The molecule has 0 amide bonds. The predicted molar refractivity (Wildman–Crippen MR) is 106 cm³/mol. The molecule has 0 aliphatic rings. The van der Waals surface area contributed by atoms with Gasteiger partial charge in [-0.05, 0) is 27.0 Å². The van der Waals surface area contributed by atoms with Crippen LogP contribution in [0, 0.1) is 6.92 Å². The van der Waals surface area contributed by atoms with Crippen LogP contribution in [0.4, 0.5) is 0 Å². The van der Waals surface area contributed by atoms with E-state index in [1.807, 2.05) is 36.4 Å². The number of aliphatic imine (C=N–C) groups is 1. The predicted octanol–water partition coefficient (Wildman–Crippen LogP) is 2.10. The summed E-state index contributed by atoms with van der Waals surface area (Å²) in [5.74, 6) is 2.49. The number of rotatable bonds is 7. The molecule has 1 rings (SSSR count). The van der Waals surface area contributed by atoms with Crippen LogP contribution in [0.2, 0.25) is 0 Å². The molecule has 8 heteroatoms. The molecule has 0 unspecified atom stereocenters. The molecule has 0 bridgehead atoms. The normalized spacial score (nSPS) is 11.8. The van der Waals surface area contributed by atoms with Gasteiger partial charge in [-0.25, -0.2) is 4.99 Å². The van der Waals surface area contributed by atoms with Crippen LogP contribution in [0.5, 0.6) is 0 Å². The molecule has 1 aromatic heterocycles. The van der Waals surface area contributed by atoms with Crippen molar-refractivity contribution in [1.82, 2.24) is 25.4 Å². The first-order valence-electron chi connectivity index (χ1n) is 6.92. The third-order valence-electron chi connectivity index (χ3n) is 3.21. The van der Waals surface area contributed by atoms with Gasteiger partial charge < -0.3 is 15.2 Å². The summed E-state index contributed by atoms with van der Waals surface area (Å²) < 4.78 is 2.10. The molecule has 0 aliphatic carbocycles. The average Bonchev–Trinajstić information content (AvgIpc) is 2.78. The Kier molecular flexibility index (Phi) is 9.74. The number of halogens is 1. The van der Waals surface area contributed by atoms with Crippen LogP contribution in [0.25, 0.3) is 0 Å². The Balaban J connectivity index is 0.00000441. The van der Waals surface area contributed by atoms with E-state index in [1.165, 1.54) is 0 Å². The van der Waals surface area contributed by atoms with Crippen molar-refractivity contribution in [2.45, 2.75) is 32.1 Å². The molecule has 1 heterocycles. The lowest BCUT2D eigenvalue weighted by Crippen LogP contribution is -2.43. The number of hydrogen-bond donors (Lipinski definition) is 2. The molecule has 1 aromatic rings. The zero-order chi connectivity index (χ0) is 15.9. The highest BCUT2D eigenvalue weighted by atomic mass is 127. The standard InChI is InChI=1S/C14H26N6S.HI/c1-7-8-15-13(17-10-14(3,4)21-6)16-9-12-19-18-11(2)20(12)5;/h7H,1,8-10H2,2-6H3,(H2,15,16,17);1H. The van der Waals surface area contributed by atoms with E-state index in [2.05, 4.69) is 52.5 Å². The number of nitrogens with zero attached hydrogens (tertiary/aromatic N) is 4. The maximum atomic E-state index is 4.56. The van der Waals surface area contributed by atoms with Crippen molar-refractivity contribution in [2.24, 2.45) is 12.0 Å². The van der Waals surface area contributed by atoms with Gasteiger partial charge in [-0.1, -0.05) is 6.08 Å². The minimum atomic E-state index is 0. The van der Waals surface area contributed by atoms with Crippen molar-refractivity contribution in [3.05, 3.63) is 24.3 Å². The Bertz CT molecular complexity index is 498. The van der Waals surface area contributed by atoms with Gasteiger partial charge in [0.25, 0.3) is 0 Å². The van der Waals surface area contributed by atoms with Crippen LogP contribution >= 0.6 is 35.7 Å². The first kappa shape index (κ1) is 21.2. The highest BCUT2D eigenvalue weighted by molar-refractivity contribution is 14.0. The van der Waals surface area contributed by atoms with E-state index in [1.54, 1.807) is 0 Å². The van der Waals surface area contributed by atoms with Gasteiger partial charge in [-0.2, -0.15) is 11.8 Å². The van der Waals surface area contributed by atoms with Crippen LogP contribution in [0.15, 0.2) is 17.6 Å². The summed E-state index contributed by atoms with van der Waals surface area (Å²) in [5, 5.41) is 14.7. The number of thioether (sulfide) groups is 1. The van der Waals surface area contributed by atoms with E-state index in [9.17, 15) is 0 Å². The van der Waals surface area contributed by atoms with Crippen molar-refractivity contribution < 1.29 is 0 Å². The lowest BCUT2D eigenvalue weighted by atomic mass is 10.2. The monoisotopic (exact) mass is 438 g/mol. The van der Waals surface area contributed by atoms with E-state index in [0.29, 0.717) is 13.1 Å². The topological polar surface area (TPSA) is 67.1 Å². The minimum absolute atomic E-state index is 0. The number of hydrogen-bond acceptors (Lipinski definition) is 4. The quantitative estimate of drug-likeness (QED) is 0.296. The Morgan fingerprint density at radius 3 is 2.59 bits per heavy atom. The second kappa shape index (κ2) is 10.1. The van der Waals surface area contributed by atoms with Gasteiger partial charge in [0.15, 0.2) is 11.8 Å². The van der Waals surface area contributed by atoms with Gasteiger partial charge in [0.1, 0.15) is 12.4 Å². The molecule has 0 atom stereocenters. The average molecular weight is 438 g/mol. The highest BCUT2D eigenvalue weighted by Gasteiger charge is 2.16. The van der Waals surface area contributed by atoms with Crippen LogP contribution in [-0.2, 0) is 13.6 Å². The van der Waals surface area contributed by atoms with Gasteiger partial charge in [0.05, 0.1) is 0 Å². The van der Waals surface area contributed by atoms with Gasteiger partial charge in [-0.15, -0.1) is 40.8 Å². The van der Waals surface area contributed by atoms with E-state index in [-0.39, 0.29) is 28.7 Å². The van der Waals surface area contributed by atoms with E-state index in [0.717, 1.165) is 24.2 Å². The van der Waals surface area contributed by atoms with Crippen molar-refractivity contribution >= 4 is 41.7 Å². The van der Waals surface area contributed by atoms with Crippen molar-refractivity contribution in [1.29, 1.82) is 0 Å². The Morgan fingerprint density at radius 2 is 2.09 bits per heavy atom. The lowest BCUT2D eigenvalue weighted by molar-refractivity contribution is 0.664. The highest BCUT2D eigenvalue weighted by Crippen LogP contribution is 2.19. The SMILES string of the molecule is C=CCNC(=NCc1nnc(C)n1C)NCC(C)(C)SC.I. The molecule has 126 valence electrons. The maximum Gasteiger partial charge on any atom is 0.192 e. The first-order valence-corrected chi connectivity index (χ1v) is 8.15. The minimum Gasteiger partial charge on any atom is -0.355 e. The molecule has 22 heavy (non-hydrogen) atoms. The zero-order valence-corrected chi connectivity index (χ0v) is 17.2. The van der Waals surface area contributed by atoms with Gasteiger partial charge in [0, 0.05) is 24.9 Å².